The van der Waals surface area contributed by atoms with E-state index in [2.05, 4.69) is 30.2 Å². The molecule has 0 saturated carbocycles. The van der Waals surface area contributed by atoms with Crippen LogP contribution in [0.5, 0.6) is 5.75 Å². The number of piperazine rings is 1. The number of methoxy groups -OCH3 is 1. The van der Waals surface area contributed by atoms with Gasteiger partial charge in [-0.2, -0.15) is 5.10 Å². The summed E-state index contributed by atoms with van der Waals surface area (Å²) in [7, 11) is 1.66. The van der Waals surface area contributed by atoms with Crippen molar-refractivity contribution in [3.63, 3.8) is 0 Å². The van der Waals surface area contributed by atoms with E-state index in [9.17, 15) is 4.79 Å². The van der Waals surface area contributed by atoms with E-state index >= 15 is 0 Å². The van der Waals surface area contributed by atoms with E-state index in [-0.39, 0.29) is 5.91 Å². The van der Waals surface area contributed by atoms with E-state index in [0.29, 0.717) is 5.56 Å². The van der Waals surface area contributed by atoms with E-state index in [0.717, 1.165) is 76.6 Å². The second-order valence-corrected chi connectivity index (χ2v) is 10.2. The molecule has 9 heteroatoms. The molecule has 1 aliphatic rings. The fraction of sp³-hybridized carbons (Fsp3) is 0.152. The minimum Gasteiger partial charge on any atom is -0.495 e. The highest BCUT2D eigenvalue weighted by molar-refractivity contribution is 6.09. The lowest BCUT2D eigenvalue weighted by Gasteiger charge is -2.37. The van der Waals surface area contributed by atoms with Crippen LogP contribution in [-0.4, -0.2) is 58.9 Å². The van der Waals surface area contributed by atoms with Crippen molar-refractivity contribution in [1.29, 1.82) is 0 Å². The summed E-state index contributed by atoms with van der Waals surface area (Å²) in [5.74, 6) is 1.45. The SMILES string of the molecule is COc1ccc(C(=O)Nc2cccc3ccccc23)cc1N1CCN(c2ncnc3c2cnn3-c2ccccc2)CC1. The molecule has 1 amide bonds. The third-order valence-corrected chi connectivity index (χ3v) is 7.74. The molecule has 2 aromatic heterocycles. The quantitative estimate of drug-likeness (QED) is 0.288. The number of hydrogen-bond acceptors (Lipinski definition) is 7. The van der Waals surface area contributed by atoms with Gasteiger partial charge in [-0.3, -0.25) is 4.79 Å². The summed E-state index contributed by atoms with van der Waals surface area (Å²) in [5, 5.41) is 10.7. The van der Waals surface area contributed by atoms with Crippen LogP contribution < -0.4 is 19.9 Å². The Morgan fingerprint density at radius 1 is 0.810 bits per heavy atom. The predicted octanol–water partition coefficient (Wildman–Crippen LogP) is 5.56. The van der Waals surface area contributed by atoms with Crippen LogP contribution in [0, 0.1) is 0 Å². The molecule has 6 aromatic rings. The van der Waals surface area contributed by atoms with Gasteiger partial charge >= 0.3 is 0 Å². The molecule has 1 aliphatic heterocycles. The Hall–Kier alpha value is -5.44. The monoisotopic (exact) mass is 555 g/mol. The van der Waals surface area contributed by atoms with Gasteiger partial charge in [0, 0.05) is 42.8 Å². The van der Waals surface area contributed by atoms with Gasteiger partial charge in [-0.25, -0.2) is 14.6 Å². The van der Waals surface area contributed by atoms with Crippen LogP contribution in [0.2, 0.25) is 0 Å². The number of ether oxygens (including phenoxy) is 1. The minimum atomic E-state index is -0.160. The number of carbonyl (C=O) groups excluding carboxylic acids is 1. The lowest BCUT2D eigenvalue weighted by Crippen LogP contribution is -2.47. The van der Waals surface area contributed by atoms with Crippen molar-refractivity contribution in [3.8, 4) is 11.4 Å². The molecular weight excluding hydrogens is 526 g/mol. The molecule has 1 fully saturated rings. The van der Waals surface area contributed by atoms with E-state index in [1.807, 2.05) is 95.8 Å². The van der Waals surface area contributed by atoms with Crippen LogP contribution in [0.4, 0.5) is 17.2 Å². The summed E-state index contributed by atoms with van der Waals surface area (Å²) in [6.45, 7) is 2.97. The van der Waals surface area contributed by atoms with Crippen LogP contribution in [-0.2, 0) is 0 Å². The van der Waals surface area contributed by atoms with Crippen molar-refractivity contribution in [2.45, 2.75) is 0 Å². The number of benzene rings is 4. The Morgan fingerprint density at radius 2 is 1.57 bits per heavy atom. The van der Waals surface area contributed by atoms with Gasteiger partial charge in [0.05, 0.1) is 30.1 Å². The van der Waals surface area contributed by atoms with Gasteiger partial charge in [-0.1, -0.05) is 54.6 Å². The molecular formula is C33H29N7O2. The molecule has 0 bridgehead atoms. The first-order chi connectivity index (χ1) is 20.7. The number of anilines is 3. The third kappa shape index (κ3) is 4.64. The van der Waals surface area contributed by atoms with Crippen molar-refractivity contribution >= 4 is 44.9 Å². The van der Waals surface area contributed by atoms with Gasteiger partial charge in [0.25, 0.3) is 5.91 Å². The van der Waals surface area contributed by atoms with E-state index in [1.165, 1.54) is 0 Å². The zero-order valence-corrected chi connectivity index (χ0v) is 23.1. The average molecular weight is 556 g/mol. The highest BCUT2D eigenvalue weighted by Crippen LogP contribution is 2.33. The maximum absolute atomic E-state index is 13.4. The Kier molecular flexibility index (Phi) is 6.59. The first kappa shape index (κ1) is 25.5. The van der Waals surface area contributed by atoms with Gasteiger partial charge in [0.2, 0.25) is 0 Å². The molecule has 0 atom stereocenters. The van der Waals surface area contributed by atoms with Gasteiger partial charge < -0.3 is 19.9 Å². The lowest BCUT2D eigenvalue weighted by molar-refractivity contribution is 0.102. The fourth-order valence-electron chi connectivity index (χ4n) is 5.61. The van der Waals surface area contributed by atoms with E-state index < -0.39 is 0 Å². The predicted molar refractivity (Wildman–Crippen MR) is 166 cm³/mol. The molecule has 3 heterocycles. The number of fused-ring (bicyclic) bond motifs is 2. The average Bonchev–Trinajstić information content (AvgIpc) is 3.50. The normalized spacial score (nSPS) is 13.5. The Bertz CT molecular complexity index is 1890. The minimum absolute atomic E-state index is 0.160. The summed E-state index contributed by atoms with van der Waals surface area (Å²) in [5.41, 5.74) is 3.99. The van der Waals surface area contributed by atoms with Crippen LogP contribution in [0.15, 0.2) is 104 Å². The topological polar surface area (TPSA) is 88.4 Å². The molecule has 4 aromatic carbocycles. The number of hydrogen-bond donors (Lipinski definition) is 1. The van der Waals surface area contributed by atoms with Crippen molar-refractivity contribution in [1.82, 2.24) is 19.7 Å². The van der Waals surface area contributed by atoms with E-state index in [4.69, 9.17) is 4.74 Å². The van der Waals surface area contributed by atoms with Crippen LogP contribution in [0.1, 0.15) is 10.4 Å². The molecule has 0 spiro atoms. The summed E-state index contributed by atoms with van der Waals surface area (Å²) in [6.07, 6.45) is 3.44. The standard InChI is InChI=1S/C33H29N7O2/c1-42-30-15-14-24(33(41)37-28-13-7-9-23-8-5-6-12-26(23)28)20-29(30)38-16-18-39(19-17-38)31-27-21-36-40(32(27)35-22-34-31)25-10-3-2-4-11-25/h2-15,20-22H,16-19H2,1H3,(H,37,41). The summed E-state index contributed by atoms with van der Waals surface area (Å²) < 4.78 is 7.55. The first-order valence-electron chi connectivity index (χ1n) is 13.9. The Labute approximate surface area is 243 Å². The first-order valence-corrected chi connectivity index (χ1v) is 13.9. The maximum atomic E-state index is 13.4. The molecule has 0 unspecified atom stereocenters. The smallest absolute Gasteiger partial charge is 0.255 e. The third-order valence-electron chi connectivity index (χ3n) is 7.74. The maximum Gasteiger partial charge on any atom is 0.255 e. The van der Waals surface area contributed by atoms with Gasteiger partial charge in [0.1, 0.15) is 17.9 Å². The van der Waals surface area contributed by atoms with Gasteiger partial charge in [-0.15, -0.1) is 0 Å². The van der Waals surface area contributed by atoms with Gasteiger partial charge in [0.15, 0.2) is 5.65 Å². The second kappa shape index (κ2) is 10.9. The zero-order valence-electron chi connectivity index (χ0n) is 23.1. The molecule has 0 aliphatic carbocycles. The molecule has 1 saturated heterocycles. The summed E-state index contributed by atoms with van der Waals surface area (Å²) >= 11 is 0. The number of para-hydroxylation sites is 1. The number of carbonyl (C=O) groups is 1. The zero-order chi connectivity index (χ0) is 28.5. The molecule has 9 nitrogen and oxygen atoms in total. The Balaban J connectivity index is 1.11. The second-order valence-electron chi connectivity index (χ2n) is 10.2. The Morgan fingerprint density at radius 3 is 2.40 bits per heavy atom. The molecule has 7 rings (SSSR count). The van der Waals surface area contributed by atoms with Crippen molar-refractivity contribution < 1.29 is 9.53 Å². The number of aromatic nitrogens is 4. The van der Waals surface area contributed by atoms with Gasteiger partial charge in [-0.05, 0) is 41.8 Å². The van der Waals surface area contributed by atoms with Crippen molar-refractivity contribution in [2.75, 3.05) is 48.4 Å². The molecule has 0 radical (unpaired) electrons. The molecule has 208 valence electrons. The number of rotatable bonds is 6. The highest BCUT2D eigenvalue weighted by atomic mass is 16.5. The van der Waals surface area contributed by atoms with E-state index in [1.54, 1.807) is 19.5 Å². The van der Waals surface area contributed by atoms with Crippen LogP contribution in [0.25, 0.3) is 27.5 Å². The largest absolute Gasteiger partial charge is 0.495 e. The molecule has 42 heavy (non-hydrogen) atoms. The summed E-state index contributed by atoms with van der Waals surface area (Å²) in [6, 6.07) is 29.5. The molecule has 1 N–H and O–H groups in total. The van der Waals surface area contributed by atoms with Crippen LogP contribution in [0.3, 0.4) is 0 Å². The fourth-order valence-corrected chi connectivity index (χ4v) is 5.61. The summed E-state index contributed by atoms with van der Waals surface area (Å²) in [4.78, 5) is 27.0. The van der Waals surface area contributed by atoms with Crippen molar-refractivity contribution in [3.05, 3.63) is 109 Å². The number of amides is 1. The highest BCUT2D eigenvalue weighted by Gasteiger charge is 2.24. The lowest BCUT2D eigenvalue weighted by atomic mass is 10.1. The number of nitrogens with one attached hydrogen (secondary N) is 1. The van der Waals surface area contributed by atoms with Crippen LogP contribution >= 0.6 is 0 Å². The van der Waals surface area contributed by atoms with Crippen molar-refractivity contribution in [2.24, 2.45) is 0 Å². The number of nitrogens with zero attached hydrogens (tertiary/aromatic N) is 6.